The molecule has 2 heterocycles. The molecule has 0 atom stereocenters. The summed E-state index contributed by atoms with van der Waals surface area (Å²) >= 11 is 0. The number of aromatic nitrogens is 1. The van der Waals surface area contributed by atoms with Crippen LogP contribution in [0.1, 0.15) is 26.2 Å². The van der Waals surface area contributed by atoms with E-state index in [1.165, 1.54) is 18.6 Å². The highest BCUT2D eigenvalue weighted by Gasteiger charge is 2.20. The Morgan fingerprint density at radius 1 is 1.38 bits per heavy atom. The van der Waals surface area contributed by atoms with Gasteiger partial charge in [-0.25, -0.2) is 4.98 Å². The highest BCUT2D eigenvalue weighted by atomic mass is 16.6. The van der Waals surface area contributed by atoms with Gasteiger partial charge >= 0.3 is 0 Å². The lowest BCUT2D eigenvalue weighted by atomic mass is 10.0. The van der Waals surface area contributed by atoms with Gasteiger partial charge in [-0.15, -0.1) is 0 Å². The second kappa shape index (κ2) is 7.21. The summed E-state index contributed by atoms with van der Waals surface area (Å²) in [6, 6.07) is 3.27. The van der Waals surface area contributed by atoms with Crippen molar-refractivity contribution in [1.82, 2.24) is 9.88 Å². The maximum atomic E-state index is 10.9. The van der Waals surface area contributed by atoms with Gasteiger partial charge in [0.2, 0.25) is 0 Å². The van der Waals surface area contributed by atoms with E-state index in [0.717, 1.165) is 32.5 Å². The van der Waals surface area contributed by atoms with Gasteiger partial charge in [0, 0.05) is 26.2 Å². The lowest BCUT2D eigenvalue weighted by molar-refractivity contribution is -0.384. The average Bonchev–Trinajstić information content (AvgIpc) is 2.49. The lowest BCUT2D eigenvalue weighted by Crippen LogP contribution is -2.39. The van der Waals surface area contributed by atoms with E-state index in [1.807, 2.05) is 0 Å². The zero-order chi connectivity index (χ0) is 15.2. The molecule has 0 bridgehead atoms. The first-order chi connectivity index (χ1) is 10.1. The molecule has 2 rings (SSSR count). The quantitative estimate of drug-likeness (QED) is 0.618. The standard InChI is InChI=1S/C14H23N5O2/c1-3-6-18-7-4-11(5-8-18)16-14-10-12(19(20)21)9-13(15-2)17-14/h9-11H,3-8H2,1-2H3,(H2,15,16,17). The molecule has 1 fully saturated rings. The zero-order valence-corrected chi connectivity index (χ0v) is 12.6. The summed E-state index contributed by atoms with van der Waals surface area (Å²) in [6.45, 7) is 5.47. The molecule has 0 unspecified atom stereocenters. The Morgan fingerprint density at radius 2 is 2.05 bits per heavy atom. The third-order valence-electron chi connectivity index (χ3n) is 3.76. The van der Waals surface area contributed by atoms with Crippen LogP contribution in [0, 0.1) is 10.1 Å². The molecular formula is C14H23N5O2. The Hall–Kier alpha value is -1.89. The van der Waals surface area contributed by atoms with Crippen molar-refractivity contribution in [3.05, 3.63) is 22.2 Å². The second-order valence-corrected chi connectivity index (χ2v) is 5.36. The van der Waals surface area contributed by atoms with Gasteiger partial charge in [-0.05, 0) is 25.8 Å². The number of piperidine rings is 1. The fourth-order valence-electron chi connectivity index (χ4n) is 2.65. The zero-order valence-electron chi connectivity index (χ0n) is 12.6. The van der Waals surface area contributed by atoms with Gasteiger partial charge < -0.3 is 15.5 Å². The number of likely N-dealkylation sites (tertiary alicyclic amines) is 1. The Bertz CT molecular complexity index is 486. The van der Waals surface area contributed by atoms with Crippen LogP contribution in [0.2, 0.25) is 0 Å². The highest BCUT2D eigenvalue weighted by molar-refractivity contribution is 5.54. The molecule has 2 N–H and O–H groups in total. The van der Waals surface area contributed by atoms with E-state index in [1.54, 1.807) is 7.05 Å². The smallest absolute Gasteiger partial charge is 0.276 e. The monoisotopic (exact) mass is 293 g/mol. The van der Waals surface area contributed by atoms with Crippen molar-refractivity contribution < 1.29 is 4.92 Å². The van der Waals surface area contributed by atoms with Crippen molar-refractivity contribution in [2.75, 3.05) is 37.3 Å². The first-order valence-electron chi connectivity index (χ1n) is 7.45. The molecule has 1 aliphatic rings. The second-order valence-electron chi connectivity index (χ2n) is 5.36. The SMILES string of the molecule is CCCN1CCC(Nc2cc([N+](=O)[O-])cc(NC)n2)CC1. The Morgan fingerprint density at radius 3 is 2.62 bits per heavy atom. The first kappa shape index (κ1) is 15.5. The van der Waals surface area contributed by atoms with Gasteiger partial charge in [-0.1, -0.05) is 6.92 Å². The molecule has 116 valence electrons. The molecule has 7 heteroatoms. The van der Waals surface area contributed by atoms with Crippen LogP contribution in [0.4, 0.5) is 17.3 Å². The van der Waals surface area contributed by atoms with Crippen molar-refractivity contribution in [1.29, 1.82) is 0 Å². The van der Waals surface area contributed by atoms with Crippen LogP contribution < -0.4 is 10.6 Å². The summed E-state index contributed by atoms with van der Waals surface area (Å²) in [5.74, 6) is 1.08. The molecule has 0 aliphatic carbocycles. The van der Waals surface area contributed by atoms with Gasteiger partial charge in [0.25, 0.3) is 5.69 Å². The van der Waals surface area contributed by atoms with Gasteiger partial charge in [0.15, 0.2) is 0 Å². The van der Waals surface area contributed by atoms with E-state index in [0.29, 0.717) is 17.7 Å². The lowest BCUT2D eigenvalue weighted by Gasteiger charge is -2.32. The third-order valence-corrected chi connectivity index (χ3v) is 3.76. The number of nitrogens with zero attached hydrogens (tertiary/aromatic N) is 3. The van der Waals surface area contributed by atoms with E-state index >= 15 is 0 Å². The number of hydrogen-bond acceptors (Lipinski definition) is 6. The van der Waals surface area contributed by atoms with Crippen molar-refractivity contribution in [2.45, 2.75) is 32.2 Å². The fourth-order valence-corrected chi connectivity index (χ4v) is 2.65. The molecule has 1 aliphatic heterocycles. The molecule has 0 radical (unpaired) electrons. The number of hydrogen-bond donors (Lipinski definition) is 2. The summed E-state index contributed by atoms with van der Waals surface area (Å²) in [6.07, 6.45) is 3.26. The topological polar surface area (TPSA) is 83.3 Å². The number of nitro groups is 1. The van der Waals surface area contributed by atoms with Gasteiger partial charge in [0.1, 0.15) is 11.6 Å². The van der Waals surface area contributed by atoms with E-state index in [9.17, 15) is 10.1 Å². The summed E-state index contributed by atoms with van der Waals surface area (Å²) in [5.41, 5.74) is 0.0558. The maximum absolute atomic E-state index is 10.9. The summed E-state index contributed by atoms with van der Waals surface area (Å²) in [7, 11) is 1.71. The van der Waals surface area contributed by atoms with Gasteiger partial charge in [-0.3, -0.25) is 10.1 Å². The van der Waals surface area contributed by atoms with Crippen molar-refractivity contribution in [3.8, 4) is 0 Å². The van der Waals surface area contributed by atoms with Crippen LogP contribution in [0.5, 0.6) is 0 Å². The Balaban J connectivity index is 2.00. The van der Waals surface area contributed by atoms with Crippen LogP contribution in [0.15, 0.2) is 12.1 Å². The molecule has 0 saturated carbocycles. The third kappa shape index (κ3) is 4.29. The number of nitrogens with one attached hydrogen (secondary N) is 2. The van der Waals surface area contributed by atoms with Gasteiger partial charge in [-0.2, -0.15) is 0 Å². The number of rotatable bonds is 6. The minimum absolute atomic E-state index is 0.0558. The van der Waals surface area contributed by atoms with E-state index < -0.39 is 4.92 Å². The normalized spacial score (nSPS) is 16.7. The van der Waals surface area contributed by atoms with E-state index in [2.05, 4.69) is 27.4 Å². The summed E-state index contributed by atoms with van der Waals surface area (Å²) in [5, 5.41) is 17.1. The fraction of sp³-hybridized carbons (Fsp3) is 0.643. The Kier molecular flexibility index (Phi) is 5.32. The van der Waals surface area contributed by atoms with E-state index in [4.69, 9.17) is 0 Å². The predicted octanol–water partition coefficient (Wildman–Crippen LogP) is 2.32. The molecule has 21 heavy (non-hydrogen) atoms. The predicted molar refractivity (Wildman–Crippen MR) is 83.8 cm³/mol. The van der Waals surface area contributed by atoms with Crippen LogP contribution in [0.25, 0.3) is 0 Å². The molecule has 7 nitrogen and oxygen atoms in total. The van der Waals surface area contributed by atoms with Crippen molar-refractivity contribution in [3.63, 3.8) is 0 Å². The molecule has 0 amide bonds. The van der Waals surface area contributed by atoms with Crippen LogP contribution >= 0.6 is 0 Å². The van der Waals surface area contributed by atoms with Crippen LogP contribution in [-0.4, -0.2) is 47.5 Å². The molecule has 1 aromatic heterocycles. The summed E-state index contributed by atoms with van der Waals surface area (Å²) in [4.78, 5) is 17.4. The number of anilines is 2. The number of pyridine rings is 1. The molecular weight excluding hydrogens is 270 g/mol. The summed E-state index contributed by atoms with van der Waals surface area (Å²) < 4.78 is 0. The molecule has 1 aromatic rings. The average molecular weight is 293 g/mol. The Labute approximate surface area is 124 Å². The van der Waals surface area contributed by atoms with Crippen molar-refractivity contribution in [2.24, 2.45) is 0 Å². The van der Waals surface area contributed by atoms with Crippen molar-refractivity contribution >= 4 is 17.3 Å². The highest BCUT2D eigenvalue weighted by Crippen LogP contribution is 2.22. The van der Waals surface area contributed by atoms with E-state index in [-0.39, 0.29) is 5.69 Å². The first-order valence-corrected chi connectivity index (χ1v) is 7.45. The molecule has 1 saturated heterocycles. The van der Waals surface area contributed by atoms with Crippen LogP contribution in [-0.2, 0) is 0 Å². The largest absolute Gasteiger partial charge is 0.373 e. The minimum Gasteiger partial charge on any atom is -0.373 e. The van der Waals surface area contributed by atoms with Gasteiger partial charge in [0.05, 0.1) is 17.1 Å². The molecule has 0 aromatic carbocycles. The van der Waals surface area contributed by atoms with Crippen LogP contribution in [0.3, 0.4) is 0 Å². The minimum atomic E-state index is -0.391. The molecule has 0 spiro atoms. The maximum Gasteiger partial charge on any atom is 0.276 e.